The Balaban J connectivity index is 2.19. The lowest BCUT2D eigenvalue weighted by molar-refractivity contribution is 0.178. The number of halogens is 2. The number of pyridine rings is 2. The third-order valence-corrected chi connectivity index (χ3v) is 3.42. The molecule has 0 radical (unpaired) electrons. The highest BCUT2D eigenvalue weighted by Gasteiger charge is 2.13. The summed E-state index contributed by atoms with van der Waals surface area (Å²) >= 11 is 12.4. The van der Waals surface area contributed by atoms with Gasteiger partial charge in [-0.25, -0.2) is 15.0 Å². The van der Waals surface area contributed by atoms with Gasteiger partial charge < -0.3 is 4.74 Å². The van der Waals surface area contributed by atoms with Gasteiger partial charge in [0, 0.05) is 24.9 Å². The normalized spacial score (nSPS) is 11.0. The molecule has 3 rings (SSSR count). The fraction of sp³-hybridized carbons (Fsp3) is 0.143. The molecule has 0 N–H and O–H groups in total. The molecule has 3 aromatic heterocycles. The highest BCUT2D eigenvalue weighted by Crippen LogP contribution is 2.31. The average Bonchev–Trinajstić information content (AvgIpc) is 2.48. The number of nitrogens with zero attached hydrogens (tertiary/aromatic N) is 4. The van der Waals surface area contributed by atoms with Crippen molar-refractivity contribution in [3.63, 3.8) is 0 Å². The van der Waals surface area contributed by atoms with E-state index in [-0.39, 0.29) is 0 Å². The molecule has 0 aliphatic rings. The van der Waals surface area contributed by atoms with Gasteiger partial charge in [-0.2, -0.15) is 0 Å². The third kappa shape index (κ3) is 2.81. The molecule has 0 spiro atoms. The molecule has 0 saturated carbocycles. The Morgan fingerprint density at radius 1 is 1.10 bits per heavy atom. The molecule has 0 fully saturated rings. The lowest BCUT2D eigenvalue weighted by Gasteiger charge is -2.07. The van der Waals surface area contributed by atoms with E-state index in [0.29, 0.717) is 39.5 Å². The molecule has 3 heterocycles. The van der Waals surface area contributed by atoms with Gasteiger partial charge in [-0.15, -0.1) is 0 Å². The summed E-state index contributed by atoms with van der Waals surface area (Å²) in [4.78, 5) is 17.2. The predicted molar refractivity (Wildman–Crippen MR) is 81.3 cm³/mol. The van der Waals surface area contributed by atoms with Crippen LogP contribution in [0.5, 0.6) is 0 Å². The number of hydrogen-bond donors (Lipinski definition) is 0. The summed E-state index contributed by atoms with van der Waals surface area (Å²) in [5, 5.41) is 1.68. The summed E-state index contributed by atoms with van der Waals surface area (Å²) in [5.74, 6) is 0.554. The number of fused-ring (bicyclic) bond motifs is 1. The Morgan fingerprint density at radius 3 is 2.71 bits per heavy atom. The molecule has 0 bridgehead atoms. The molecule has 0 saturated heterocycles. The van der Waals surface area contributed by atoms with Crippen LogP contribution in [0, 0.1) is 0 Å². The number of methoxy groups -OCH3 is 1. The maximum absolute atomic E-state index is 6.27. The zero-order chi connectivity index (χ0) is 14.8. The minimum atomic E-state index is 0.319. The van der Waals surface area contributed by atoms with Crippen LogP contribution in [0.25, 0.3) is 22.4 Å². The molecule has 106 valence electrons. The molecular weight excluding hydrogens is 311 g/mol. The maximum atomic E-state index is 6.27. The first kappa shape index (κ1) is 14.1. The van der Waals surface area contributed by atoms with Crippen LogP contribution < -0.4 is 0 Å². The second-order valence-electron chi connectivity index (χ2n) is 4.28. The Morgan fingerprint density at radius 2 is 1.95 bits per heavy atom. The Labute approximate surface area is 130 Å². The first-order valence-electron chi connectivity index (χ1n) is 6.11. The van der Waals surface area contributed by atoms with Crippen LogP contribution in [0.4, 0.5) is 0 Å². The van der Waals surface area contributed by atoms with Gasteiger partial charge in [-0.3, -0.25) is 4.98 Å². The number of rotatable bonds is 3. The second kappa shape index (κ2) is 5.89. The topological polar surface area (TPSA) is 60.8 Å². The first-order valence-corrected chi connectivity index (χ1v) is 6.86. The summed E-state index contributed by atoms with van der Waals surface area (Å²) in [6, 6.07) is 5.24. The van der Waals surface area contributed by atoms with Gasteiger partial charge >= 0.3 is 0 Å². The standard InChI is InChI=1S/C14H10Cl2N4O/c1-21-7-11-18-6-8-5-10(16)13(20-14(8)19-11)12-9(15)3-2-4-17-12/h2-6H,7H2,1H3. The predicted octanol–water partition coefficient (Wildman–Crippen LogP) is 3.54. The van der Waals surface area contributed by atoms with Crippen molar-refractivity contribution in [1.29, 1.82) is 0 Å². The van der Waals surface area contributed by atoms with E-state index < -0.39 is 0 Å². The average molecular weight is 321 g/mol. The lowest BCUT2D eigenvalue weighted by atomic mass is 10.2. The van der Waals surface area contributed by atoms with Crippen LogP contribution in [-0.2, 0) is 11.3 Å². The first-order chi connectivity index (χ1) is 10.2. The third-order valence-electron chi connectivity index (χ3n) is 2.83. The van der Waals surface area contributed by atoms with Gasteiger partial charge in [0.1, 0.15) is 18.0 Å². The molecule has 7 heteroatoms. The van der Waals surface area contributed by atoms with Crippen LogP contribution in [0.15, 0.2) is 30.6 Å². The quantitative estimate of drug-likeness (QED) is 0.738. The number of hydrogen-bond acceptors (Lipinski definition) is 5. The molecule has 0 aliphatic carbocycles. The van der Waals surface area contributed by atoms with E-state index in [2.05, 4.69) is 19.9 Å². The Kier molecular flexibility index (Phi) is 3.96. The van der Waals surface area contributed by atoms with E-state index in [1.54, 1.807) is 37.7 Å². The van der Waals surface area contributed by atoms with E-state index >= 15 is 0 Å². The fourth-order valence-corrected chi connectivity index (χ4v) is 2.36. The van der Waals surface area contributed by atoms with Gasteiger partial charge in [0.05, 0.1) is 10.0 Å². The largest absolute Gasteiger partial charge is 0.377 e. The molecule has 0 unspecified atom stereocenters. The molecule has 0 atom stereocenters. The highest BCUT2D eigenvalue weighted by atomic mass is 35.5. The molecule has 0 amide bonds. The Bertz CT molecular complexity index is 810. The Hall–Kier alpha value is -1.82. The van der Waals surface area contributed by atoms with Crippen molar-refractivity contribution in [3.8, 4) is 11.4 Å². The van der Waals surface area contributed by atoms with Crippen LogP contribution in [0.1, 0.15) is 5.82 Å². The van der Waals surface area contributed by atoms with Gasteiger partial charge in [-0.1, -0.05) is 23.2 Å². The fourth-order valence-electron chi connectivity index (χ4n) is 1.90. The van der Waals surface area contributed by atoms with E-state index in [1.165, 1.54) is 0 Å². The molecule has 21 heavy (non-hydrogen) atoms. The van der Waals surface area contributed by atoms with Gasteiger partial charge in [0.2, 0.25) is 0 Å². The zero-order valence-electron chi connectivity index (χ0n) is 11.0. The van der Waals surface area contributed by atoms with Crippen LogP contribution in [0.3, 0.4) is 0 Å². The van der Waals surface area contributed by atoms with E-state index in [9.17, 15) is 0 Å². The summed E-state index contributed by atoms with van der Waals surface area (Å²) in [7, 11) is 1.59. The van der Waals surface area contributed by atoms with Crippen molar-refractivity contribution in [2.75, 3.05) is 7.11 Å². The van der Waals surface area contributed by atoms with Gasteiger partial charge in [-0.05, 0) is 18.2 Å². The van der Waals surface area contributed by atoms with Crippen LogP contribution >= 0.6 is 23.2 Å². The van der Waals surface area contributed by atoms with Crippen LogP contribution in [-0.4, -0.2) is 27.0 Å². The highest BCUT2D eigenvalue weighted by molar-refractivity contribution is 6.36. The second-order valence-corrected chi connectivity index (χ2v) is 5.10. The smallest absolute Gasteiger partial charge is 0.163 e. The SMILES string of the molecule is COCc1ncc2cc(Cl)c(-c3ncccc3Cl)nc2n1. The zero-order valence-corrected chi connectivity index (χ0v) is 12.6. The number of aromatic nitrogens is 4. The summed E-state index contributed by atoms with van der Waals surface area (Å²) in [6.45, 7) is 0.319. The molecule has 5 nitrogen and oxygen atoms in total. The van der Waals surface area contributed by atoms with Crippen molar-refractivity contribution in [2.45, 2.75) is 6.61 Å². The van der Waals surface area contributed by atoms with Crippen molar-refractivity contribution in [3.05, 3.63) is 46.5 Å². The number of ether oxygens (including phenoxy) is 1. The van der Waals surface area contributed by atoms with Gasteiger partial charge in [0.25, 0.3) is 0 Å². The minimum absolute atomic E-state index is 0.319. The molecule has 0 aromatic carbocycles. The van der Waals surface area contributed by atoms with E-state index in [1.807, 2.05) is 0 Å². The monoisotopic (exact) mass is 320 g/mol. The lowest BCUT2D eigenvalue weighted by Crippen LogP contribution is -1.99. The summed E-state index contributed by atoms with van der Waals surface area (Å²) in [6.07, 6.45) is 3.30. The molecule has 0 aliphatic heterocycles. The van der Waals surface area contributed by atoms with Crippen molar-refractivity contribution < 1.29 is 4.74 Å². The van der Waals surface area contributed by atoms with Crippen LogP contribution in [0.2, 0.25) is 10.0 Å². The molecular formula is C14H10Cl2N4O. The van der Waals surface area contributed by atoms with Crippen molar-refractivity contribution >= 4 is 34.2 Å². The maximum Gasteiger partial charge on any atom is 0.163 e. The molecule has 3 aromatic rings. The van der Waals surface area contributed by atoms with E-state index in [4.69, 9.17) is 27.9 Å². The van der Waals surface area contributed by atoms with Crippen molar-refractivity contribution in [1.82, 2.24) is 19.9 Å². The van der Waals surface area contributed by atoms with Crippen molar-refractivity contribution in [2.24, 2.45) is 0 Å². The van der Waals surface area contributed by atoms with Gasteiger partial charge in [0.15, 0.2) is 11.5 Å². The van der Waals surface area contributed by atoms with E-state index in [0.717, 1.165) is 5.39 Å². The summed E-state index contributed by atoms with van der Waals surface area (Å²) < 4.78 is 5.02. The summed E-state index contributed by atoms with van der Waals surface area (Å²) in [5.41, 5.74) is 1.55. The minimum Gasteiger partial charge on any atom is -0.377 e.